The highest BCUT2D eigenvalue weighted by Gasteiger charge is 2.28. The number of benzene rings is 2. The maximum absolute atomic E-state index is 12.8. The van der Waals surface area contributed by atoms with Gasteiger partial charge in [-0.25, -0.2) is 4.68 Å². The van der Waals surface area contributed by atoms with E-state index in [9.17, 15) is 4.79 Å². The van der Waals surface area contributed by atoms with Crippen molar-refractivity contribution in [3.05, 3.63) is 47.0 Å². The fourth-order valence-corrected chi connectivity index (χ4v) is 3.29. The monoisotopic (exact) mass is 413 g/mol. The number of carbonyl (C=O) groups excluding carboxylic acids is 1. The molecule has 0 aliphatic heterocycles. The van der Waals surface area contributed by atoms with E-state index in [0.717, 1.165) is 18.4 Å². The molecular formula is C20H20ClN5O3. The van der Waals surface area contributed by atoms with Crippen LogP contribution in [-0.4, -0.2) is 39.8 Å². The normalized spacial score (nSPS) is 13.2. The molecule has 9 heteroatoms. The van der Waals surface area contributed by atoms with Crippen LogP contribution in [0.5, 0.6) is 11.5 Å². The summed E-state index contributed by atoms with van der Waals surface area (Å²) < 4.78 is 12.6. The minimum absolute atomic E-state index is 0.313. The van der Waals surface area contributed by atoms with Gasteiger partial charge in [-0.3, -0.25) is 4.79 Å². The average molecular weight is 414 g/mol. The predicted molar refractivity (Wildman–Crippen MR) is 109 cm³/mol. The Morgan fingerprint density at radius 1 is 1.31 bits per heavy atom. The van der Waals surface area contributed by atoms with Crippen LogP contribution in [0.4, 0.5) is 5.69 Å². The first kappa shape index (κ1) is 19.2. The number of amides is 1. The van der Waals surface area contributed by atoms with Gasteiger partial charge in [-0.1, -0.05) is 23.7 Å². The van der Waals surface area contributed by atoms with Crippen molar-refractivity contribution < 1.29 is 14.3 Å². The molecule has 1 heterocycles. The molecule has 1 amide bonds. The van der Waals surface area contributed by atoms with Crippen molar-refractivity contribution in [2.24, 2.45) is 0 Å². The quantitative estimate of drug-likeness (QED) is 0.629. The number of rotatable bonds is 7. The molecule has 4 rings (SSSR count). The lowest BCUT2D eigenvalue weighted by atomic mass is 10.1. The highest BCUT2D eigenvalue weighted by molar-refractivity contribution is 6.32. The molecule has 1 N–H and O–H groups in total. The minimum atomic E-state index is -0.313. The van der Waals surface area contributed by atoms with Crippen molar-refractivity contribution >= 4 is 23.2 Å². The molecule has 0 saturated heterocycles. The number of nitrogens with one attached hydrogen (secondary N) is 1. The van der Waals surface area contributed by atoms with Gasteiger partial charge in [0.05, 0.1) is 24.8 Å². The Morgan fingerprint density at radius 3 is 2.86 bits per heavy atom. The number of carbonyl (C=O) groups is 1. The summed E-state index contributed by atoms with van der Waals surface area (Å²) in [6.07, 6.45) is 2.16. The van der Waals surface area contributed by atoms with Crippen LogP contribution < -0.4 is 14.8 Å². The number of aromatic nitrogens is 4. The molecule has 0 unspecified atom stereocenters. The van der Waals surface area contributed by atoms with E-state index < -0.39 is 0 Å². The topological polar surface area (TPSA) is 91.2 Å². The van der Waals surface area contributed by atoms with Gasteiger partial charge in [0.1, 0.15) is 0 Å². The van der Waals surface area contributed by atoms with Gasteiger partial charge in [-0.05, 0) is 54.5 Å². The fourth-order valence-electron chi connectivity index (χ4n) is 3.02. The molecular weight excluding hydrogens is 394 g/mol. The first-order chi connectivity index (χ1) is 14.1. The van der Waals surface area contributed by atoms with Gasteiger partial charge in [0.2, 0.25) is 0 Å². The summed E-state index contributed by atoms with van der Waals surface area (Å²) in [5.41, 5.74) is 1.83. The first-order valence-electron chi connectivity index (χ1n) is 9.30. The molecule has 0 bridgehead atoms. The van der Waals surface area contributed by atoms with Gasteiger partial charge in [-0.2, -0.15) is 0 Å². The Labute approximate surface area is 172 Å². The van der Waals surface area contributed by atoms with Gasteiger partial charge in [-0.15, -0.1) is 5.10 Å². The van der Waals surface area contributed by atoms with E-state index in [-0.39, 0.29) is 5.91 Å². The number of hydrogen-bond acceptors (Lipinski definition) is 6. The van der Waals surface area contributed by atoms with Crippen LogP contribution >= 0.6 is 11.6 Å². The summed E-state index contributed by atoms with van der Waals surface area (Å²) in [5.74, 6) is 1.20. The molecule has 1 aliphatic rings. The molecule has 0 radical (unpaired) electrons. The summed E-state index contributed by atoms with van der Waals surface area (Å²) in [7, 11) is 1.50. The van der Waals surface area contributed by atoms with Crippen LogP contribution in [0.1, 0.15) is 36.2 Å². The van der Waals surface area contributed by atoms with E-state index in [1.807, 2.05) is 29.8 Å². The van der Waals surface area contributed by atoms with Crippen LogP contribution in [0.3, 0.4) is 0 Å². The Morgan fingerprint density at radius 2 is 2.14 bits per heavy atom. The molecule has 0 atom stereocenters. The minimum Gasteiger partial charge on any atom is -0.493 e. The zero-order valence-corrected chi connectivity index (χ0v) is 16.8. The number of tetrazole rings is 1. The van der Waals surface area contributed by atoms with E-state index in [4.69, 9.17) is 21.1 Å². The SMILES string of the molecule is CCOc1c(Cl)cc(C(=O)Nc2cccc(-c3nnnn3C3CC3)c2)cc1OC. The van der Waals surface area contributed by atoms with Crippen LogP contribution in [0.2, 0.25) is 5.02 Å². The lowest BCUT2D eigenvalue weighted by Crippen LogP contribution is -2.12. The largest absolute Gasteiger partial charge is 0.493 e. The summed E-state index contributed by atoms with van der Waals surface area (Å²) >= 11 is 6.27. The Kier molecular flexibility index (Phi) is 5.35. The average Bonchev–Trinajstić information content (AvgIpc) is 3.45. The molecule has 2 aromatic carbocycles. The molecule has 29 heavy (non-hydrogen) atoms. The molecule has 8 nitrogen and oxygen atoms in total. The number of anilines is 1. The predicted octanol–water partition coefficient (Wildman–Crippen LogP) is 3.99. The third-order valence-electron chi connectivity index (χ3n) is 4.54. The second kappa shape index (κ2) is 8.08. The van der Waals surface area contributed by atoms with Gasteiger partial charge >= 0.3 is 0 Å². The second-order valence-electron chi connectivity index (χ2n) is 6.64. The number of nitrogens with zero attached hydrogens (tertiary/aromatic N) is 4. The van der Waals surface area contributed by atoms with Crippen molar-refractivity contribution in [1.29, 1.82) is 0 Å². The van der Waals surface area contributed by atoms with Crippen LogP contribution in [0.15, 0.2) is 36.4 Å². The smallest absolute Gasteiger partial charge is 0.255 e. The lowest BCUT2D eigenvalue weighted by molar-refractivity contribution is 0.102. The van der Waals surface area contributed by atoms with Crippen molar-refractivity contribution in [1.82, 2.24) is 20.2 Å². The summed E-state index contributed by atoms with van der Waals surface area (Å²) in [5, 5.41) is 15.2. The Bertz CT molecular complexity index is 1050. The Balaban J connectivity index is 1.57. The van der Waals surface area contributed by atoms with E-state index in [1.54, 1.807) is 18.2 Å². The first-order valence-corrected chi connectivity index (χ1v) is 9.68. The van der Waals surface area contributed by atoms with Crippen LogP contribution in [0.25, 0.3) is 11.4 Å². The molecule has 0 spiro atoms. The number of ether oxygens (including phenoxy) is 2. The van der Waals surface area contributed by atoms with Gasteiger partial charge in [0.15, 0.2) is 17.3 Å². The lowest BCUT2D eigenvalue weighted by Gasteiger charge is -2.13. The number of halogens is 1. The highest BCUT2D eigenvalue weighted by atomic mass is 35.5. The van der Waals surface area contributed by atoms with Gasteiger partial charge < -0.3 is 14.8 Å². The van der Waals surface area contributed by atoms with Crippen molar-refractivity contribution in [3.8, 4) is 22.9 Å². The van der Waals surface area contributed by atoms with E-state index >= 15 is 0 Å². The van der Waals surface area contributed by atoms with E-state index in [1.165, 1.54) is 7.11 Å². The zero-order chi connectivity index (χ0) is 20.4. The summed E-state index contributed by atoms with van der Waals surface area (Å²) in [6.45, 7) is 2.29. The number of methoxy groups -OCH3 is 1. The maximum Gasteiger partial charge on any atom is 0.255 e. The van der Waals surface area contributed by atoms with Crippen molar-refractivity contribution in [2.75, 3.05) is 19.0 Å². The van der Waals surface area contributed by atoms with Crippen LogP contribution in [0, 0.1) is 0 Å². The standard InChI is InChI=1S/C20H20ClN5O3/c1-3-29-18-16(21)10-13(11-17(18)28-2)20(27)22-14-6-4-5-12(9-14)19-23-24-25-26(19)15-7-8-15/h4-6,9-11,15H,3,7-8H2,1-2H3,(H,22,27). The molecule has 1 saturated carbocycles. The zero-order valence-electron chi connectivity index (χ0n) is 16.1. The van der Waals surface area contributed by atoms with Crippen LogP contribution in [-0.2, 0) is 0 Å². The molecule has 1 aromatic heterocycles. The Hall–Kier alpha value is -3.13. The number of hydrogen-bond donors (Lipinski definition) is 1. The highest BCUT2D eigenvalue weighted by Crippen LogP contribution is 2.38. The second-order valence-corrected chi connectivity index (χ2v) is 7.04. The summed E-state index contributed by atoms with van der Waals surface area (Å²) in [4.78, 5) is 12.8. The third kappa shape index (κ3) is 4.02. The van der Waals surface area contributed by atoms with Gasteiger partial charge in [0, 0.05) is 16.8 Å². The van der Waals surface area contributed by atoms with E-state index in [2.05, 4.69) is 20.8 Å². The van der Waals surface area contributed by atoms with Crippen molar-refractivity contribution in [3.63, 3.8) is 0 Å². The van der Waals surface area contributed by atoms with Gasteiger partial charge in [0.25, 0.3) is 5.91 Å². The third-order valence-corrected chi connectivity index (χ3v) is 4.83. The molecule has 3 aromatic rings. The van der Waals surface area contributed by atoms with E-state index in [0.29, 0.717) is 46.2 Å². The fraction of sp³-hybridized carbons (Fsp3) is 0.300. The molecule has 1 fully saturated rings. The maximum atomic E-state index is 12.8. The summed E-state index contributed by atoms with van der Waals surface area (Å²) in [6, 6.07) is 10.9. The molecule has 1 aliphatic carbocycles. The van der Waals surface area contributed by atoms with Crippen molar-refractivity contribution in [2.45, 2.75) is 25.8 Å². The molecule has 150 valence electrons.